The number of nitrogens with one attached hydrogen (secondary N) is 1. The molecule has 0 radical (unpaired) electrons. The standard InChI is InChI=1S/C15H17BrFN7/c1-23-7-9(6-20-23)10-13(17)22-24-14(18)11(16)12(21-15(10)24)8-3-2-4-19-5-8/h6-8,19H,2-5,18H2,1H3. The third kappa shape index (κ3) is 2.39. The van der Waals surface area contributed by atoms with Crippen LogP contribution >= 0.6 is 15.9 Å². The Bertz CT molecular complexity index is 910. The molecule has 3 aromatic rings. The molecule has 0 bridgehead atoms. The second kappa shape index (κ2) is 5.82. The average molecular weight is 394 g/mol. The van der Waals surface area contributed by atoms with Crippen LogP contribution in [0.1, 0.15) is 24.5 Å². The summed E-state index contributed by atoms with van der Waals surface area (Å²) in [6.07, 6.45) is 5.43. The van der Waals surface area contributed by atoms with Crippen molar-refractivity contribution in [1.29, 1.82) is 0 Å². The molecule has 1 fully saturated rings. The van der Waals surface area contributed by atoms with E-state index in [2.05, 4.69) is 31.4 Å². The number of hydrogen-bond acceptors (Lipinski definition) is 5. The third-order valence-corrected chi connectivity index (χ3v) is 5.21. The van der Waals surface area contributed by atoms with Crippen LogP contribution < -0.4 is 11.1 Å². The molecule has 1 aliphatic rings. The maximum atomic E-state index is 14.5. The maximum Gasteiger partial charge on any atom is 0.243 e. The van der Waals surface area contributed by atoms with Crippen molar-refractivity contribution in [2.75, 3.05) is 18.8 Å². The van der Waals surface area contributed by atoms with Gasteiger partial charge >= 0.3 is 0 Å². The van der Waals surface area contributed by atoms with Crippen molar-refractivity contribution < 1.29 is 4.39 Å². The SMILES string of the molecule is Cn1cc(-c2c(F)nn3c(N)c(Br)c(C4CCCNC4)nc23)cn1. The highest BCUT2D eigenvalue weighted by Crippen LogP contribution is 2.35. The van der Waals surface area contributed by atoms with Gasteiger partial charge in [0.25, 0.3) is 0 Å². The molecular formula is C15H17BrFN7. The minimum atomic E-state index is -0.604. The van der Waals surface area contributed by atoms with Crippen LogP contribution in [0.2, 0.25) is 0 Å². The summed E-state index contributed by atoms with van der Waals surface area (Å²) in [5, 5.41) is 11.4. The first-order valence-corrected chi connectivity index (χ1v) is 8.58. The van der Waals surface area contributed by atoms with Crippen LogP contribution in [-0.4, -0.2) is 37.5 Å². The van der Waals surface area contributed by atoms with Gasteiger partial charge in [0.2, 0.25) is 5.95 Å². The zero-order valence-electron chi connectivity index (χ0n) is 13.1. The Kier molecular flexibility index (Phi) is 3.76. The van der Waals surface area contributed by atoms with E-state index in [0.717, 1.165) is 31.6 Å². The fourth-order valence-electron chi connectivity index (χ4n) is 3.20. The Morgan fingerprint density at radius 1 is 1.46 bits per heavy atom. The number of rotatable bonds is 2. The Balaban J connectivity index is 1.94. The molecule has 3 N–H and O–H groups in total. The Labute approximate surface area is 146 Å². The van der Waals surface area contributed by atoms with Crippen LogP contribution in [0.15, 0.2) is 16.9 Å². The number of piperidine rings is 1. The lowest BCUT2D eigenvalue weighted by atomic mass is 9.96. The van der Waals surface area contributed by atoms with E-state index in [0.29, 0.717) is 27.1 Å². The number of halogens is 2. The molecule has 126 valence electrons. The molecule has 1 unspecified atom stereocenters. The first kappa shape index (κ1) is 15.5. The Morgan fingerprint density at radius 3 is 2.96 bits per heavy atom. The predicted octanol–water partition coefficient (Wildman–Crippen LogP) is 2.08. The van der Waals surface area contributed by atoms with Crippen molar-refractivity contribution in [3.63, 3.8) is 0 Å². The van der Waals surface area contributed by atoms with E-state index in [-0.39, 0.29) is 5.92 Å². The molecular weight excluding hydrogens is 377 g/mol. The van der Waals surface area contributed by atoms with E-state index >= 15 is 0 Å². The fraction of sp³-hybridized carbons (Fsp3) is 0.400. The highest BCUT2D eigenvalue weighted by molar-refractivity contribution is 9.10. The molecule has 3 aromatic heterocycles. The maximum absolute atomic E-state index is 14.5. The van der Waals surface area contributed by atoms with Gasteiger partial charge < -0.3 is 11.1 Å². The van der Waals surface area contributed by atoms with Crippen LogP contribution in [0, 0.1) is 5.95 Å². The molecule has 0 aromatic carbocycles. The quantitative estimate of drug-likeness (QED) is 0.695. The largest absolute Gasteiger partial charge is 0.383 e. The molecule has 1 saturated heterocycles. The number of nitrogens with two attached hydrogens (primary N) is 1. The second-order valence-electron chi connectivity index (χ2n) is 6.04. The molecule has 0 aliphatic carbocycles. The number of anilines is 1. The van der Waals surface area contributed by atoms with Crippen LogP contribution in [0.5, 0.6) is 0 Å². The average Bonchev–Trinajstić information content (AvgIpc) is 3.14. The van der Waals surface area contributed by atoms with Gasteiger partial charge in [-0.25, -0.2) is 4.98 Å². The zero-order chi connectivity index (χ0) is 16.8. The van der Waals surface area contributed by atoms with Gasteiger partial charge in [-0.3, -0.25) is 4.68 Å². The number of fused-ring (bicyclic) bond motifs is 1. The summed E-state index contributed by atoms with van der Waals surface area (Å²) in [7, 11) is 1.78. The number of hydrogen-bond donors (Lipinski definition) is 2. The van der Waals surface area contributed by atoms with Crippen LogP contribution in [0.25, 0.3) is 16.8 Å². The molecule has 0 saturated carbocycles. The minimum Gasteiger partial charge on any atom is -0.383 e. The van der Waals surface area contributed by atoms with Crippen molar-refractivity contribution in [3.05, 3.63) is 28.5 Å². The molecule has 7 nitrogen and oxygen atoms in total. The molecule has 1 atom stereocenters. The topological polar surface area (TPSA) is 86.1 Å². The molecule has 4 rings (SSSR count). The predicted molar refractivity (Wildman–Crippen MR) is 92.1 cm³/mol. The lowest BCUT2D eigenvalue weighted by Crippen LogP contribution is -2.29. The summed E-state index contributed by atoms with van der Waals surface area (Å²) in [5.41, 5.74) is 8.42. The van der Waals surface area contributed by atoms with Crippen molar-refractivity contribution in [3.8, 4) is 11.1 Å². The molecule has 24 heavy (non-hydrogen) atoms. The number of nitrogens with zero attached hydrogens (tertiary/aromatic N) is 5. The van der Waals surface area contributed by atoms with Crippen molar-refractivity contribution in [1.82, 2.24) is 29.7 Å². The van der Waals surface area contributed by atoms with Gasteiger partial charge in [0, 0.05) is 31.3 Å². The van der Waals surface area contributed by atoms with Crippen LogP contribution in [0.4, 0.5) is 10.2 Å². The monoisotopic (exact) mass is 393 g/mol. The molecule has 9 heteroatoms. The van der Waals surface area contributed by atoms with Gasteiger partial charge in [0.15, 0.2) is 5.65 Å². The normalized spacial score (nSPS) is 18.4. The highest BCUT2D eigenvalue weighted by atomic mass is 79.9. The van der Waals surface area contributed by atoms with Gasteiger partial charge in [-0.15, -0.1) is 5.10 Å². The fourth-order valence-corrected chi connectivity index (χ4v) is 3.78. The molecule has 0 amide bonds. The number of aromatic nitrogens is 5. The van der Waals surface area contributed by atoms with Gasteiger partial charge in [-0.1, -0.05) is 0 Å². The summed E-state index contributed by atoms with van der Waals surface area (Å²) in [6.45, 7) is 1.84. The number of nitrogen functional groups attached to an aromatic ring is 1. The first-order chi connectivity index (χ1) is 11.6. The van der Waals surface area contributed by atoms with Gasteiger partial charge in [0.1, 0.15) is 5.82 Å². The minimum absolute atomic E-state index is 0.236. The molecule has 1 aliphatic heterocycles. The summed E-state index contributed by atoms with van der Waals surface area (Å²) in [4.78, 5) is 4.72. The molecule has 0 spiro atoms. The van der Waals surface area contributed by atoms with Gasteiger partial charge in [-0.05, 0) is 35.3 Å². The van der Waals surface area contributed by atoms with E-state index in [9.17, 15) is 4.39 Å². The first-order valence-electron chi connectivity index (χ1n) is 7.79. The summed E-state index contributed by atoms with van der Waals surface area (Å²) in [5.74, 6) is -0.0113. The smallest absolute Gasteiger partial charge is 0.243 e. The van der Waals surface area contributed by atoms with E-state index in [1.165, 1.54) is 4.52 Å². The van der Waals surface area contributed by atoms with E-state index < -0.39 is 5.95 Å². The van der Waals surface area contributed by atoms with Gasteiger partial charge in [0.05, 0.1) is 21.9 Å². The Hall–Kier alpha value is -2.00. The van der Waals surface area contributed by atoms with E-state index in [1.807, 2.05) is 0 Å². The van der Waals surface area contributed by atoms with Crippen molar-refractivity contribution in [2.24, 2.45) is 7.05 Å². The van der Waals surface area contributed by atoms with Crippen molar-refractivity contribution in [2.45, 2.75) is 18.8 Å². The lowest BCUT2D eigenvalue weighted by Gasteiger charge is -2.23. The van der Waals surface area contributed by atoms with Crippen LogP contribution in [-0.2, 0) is 7.05 Å². The van der Waals surface area contributed by atoms with Crippen molar-refractivity contribution >= 4 is 27.4 Å². The molecule has 4 heterocycles. The van der Waals surface area contributed by atoms with E-state index in [1.54, 1.807) is 24.1 Å². The summed E-state index contributed by atoms with van der Waals surface area (Å²) in [6, 6.07) is 0. The lowest BCUT2D eigenvalue weighted by molar-refractivity contribution is 0.453. The summed E-state index contributed by atoms with van der Waals surface area (Å²) >= 11 is 3.52. The number of aryl methyl sites for hydroxylation is 1. The highest BCUT2D eigenvalue weighted by Gasteiger charge is 2.26. The zero-order valence-corrected chi connectivity index (χ0v) is 14.7. The van der Waals surface area contributed by atoms with E-state index in [4.69, 9.17) is 10.7 Å². The Morgan fingerprint density at radius 2 is 2.29 bits per heavy atom. The van der Waals surface area contributed by atoms with Crippen LogP contribution in [0.3, 0.4) is 0 Å². The summed E-state index contributed by atoms with van der Waals surface area (Å²) < 4.78 is 18.1. The second-order valence-corrected chi connectivity index (χ2v) is 6.84. The van der Waals surface area contributed by atoms with Gasteiger partial charge in [-0.2, -0.15) is 14.0 Å². The third-order valence-electron chi connectivity index (χ3n) is 4.40.